The average Bonchev–Trinajstić information content (AvgIpc) is 2.56. The lowest BCUT2D eigenvalue weighted by Crippen LogP contribution is -2.25. The molecule has 8 heteroatoms. The molecule has 1 saturated heterocycles. The van der Waals surface area contributed by atoms with Gasteiger partial charge < -0.3 is 4.90 Å². The molecular weight excluding hydrogens is 452 g/mol. The summed E-state index contributed by atoms with van der Waals surface area (Å²) in [6.45, 7) is 0.223. The van der Waals surface area contributed by atoms with Gasteiger partial charge in [-0.1, -0.05) is 0 Å². The molecule has 104 valence electrons. The Morgan fingerprint density at radius 1 is 1.47 bits per heavy atom. The summed E-state index contributed by atoms with van der Waals surface area (Å²) in [5.74, 6) is -1.28. The third-order valence-corrected chi connectivity index (χ3v) is 5.02. The molecule has 19 heavy (non-hydrogen) atoms. The zero-order valence-corrected chi connectivity index (χ0v) is 14.2. The number of amides is 1. The highest BCUT2D eigenvalue weighted by Crippen LogP contribution is 2.33. The summed E-state index contributed by atoms with van der Waals surface area (Å²) in [4.78, 5) is 13.4. The van der Waals surface area contributed by atoms with Crippen molar-refractivity contribution in [2.24, 2.45) is 5.92 Å². The standard InChI is InChI=1S/C11H10BrFINO3S/c12-9-4-8(14)1-2-10(9)15-5-7(3-11(15)16)6-19(13,17)18/h1-2,4,7H,3,5-6H2. The number of nitrogens with zero attached hydrogens (tertiary/aromatic N) is 1. The largest absolute Gasteiger partial charge is 0.311 e. The van der Waals surface area contributed by atoms with Crippen molar-refractivity contribution in [1.82, 2.24) is 0 Å². The summed E-state index contributed by atoms with van der Waals surface area (Å²) in [6, 6.07) is 5.51. The molecular formula is C11H10BrFINO3S. The Hall–Kier alpha value is -0.220. The van der Waals surface area contributed by atoms with Gasteiger partial charge in [0.15, 0.2) is 0 Å². The highest BCUT2D eigenvalue weighted by Gasteiger charge is 2.34. The maximum absolute atomic E-state index is 12.7. The summed E-state index contributed by atoms with van der Waals surface area (Å²) < 4.78 is 35.7. The van der Waals surface area contributed by atoms with E-state index in [0.717, 1.165) is 8.04 Å². The third-order valence-electron chi connectivity index (χ3n) is 2.84. The summed E-state index contributed by atoms with van der Waals surface area (Å²) in [5.41, 5.74) is 0.684. The number of anilines is 1. The number of rotatable bonds is 3. The fourth-order valence-electron chi connectivity index (χ4n) is 2.11. The first-order chi connectivity index (χ1) is 8.76. The van der Waals surface area contributed by atoms with Crippen molar-refractivity contribution < 1.29 is 17.1 Å². The van der Waals surface area contributed by atoms with E-state index in [9.17, 15) is 17.1 Å². The van der Waals surface area contributed by atoms with Crippen LogP contribution in [-0.4, -0.2) is 26.6 Å². The molecule has 0 spiro atoms. The van der Waals surface area contributed by atoms with Gasteiger partial charge in [-0.2, -0.15) is 8.42 Å². The second kappa shape index (κ2) is 5.65. The SMILES string of the molecule is O=C1CC(CS(=O)(=O)F)CN1c1ccc(I)cc1Br. The minimum absolute atomic E-state index is 0.0571. The zero-order valence-electron chi connectivity index (χ0n) is 9.64. The monoisotopic (exact) mass is 461 g/mol. The number of hydrogen-bond donors (Lipinski definition) is 0. The molecule has 1 aliphatic rings. The van der Waals surface area contributed by atoms with E-state index in [0.29, 0.717) is 5.69 Å². The van der Waals surface area contributed by atoms with E-state index in [1.807, 2.05) is 12.1 Å². The Kier molecular flexibility index (Phi) is 4.51. The van der Waals surface area contributed by atoms with Crippen LogP contribution in [-0.2, 0) is 15.0 Å². The van der Waals surface area contributed by atoms with Crippen LogP contribution in [0.1, 0.15) is 6.42 Å². The van der Waals surface area contributed by atoms with Crippen molar-refractivity contribution in [3.63, 3.8) is 0 Å². The smallest absolute Gasteiger partial charge is 0.302 e. The molecule has 1 atom stereocenters. The maximum atomic E-state index is 12.7. The van der Waals surface area contributed by atoms with Crippen molar-refractivity contribution >= 4 is 60.3 Å². The Labute approximate surface area is 132 Å². The van der Waals surface area contributed by atoms with Crippen molar-refractivity contribution in [1.29, 1.82) is 0 Å². The molecule has 1 aliphatic heterocycles. The number of hydrogen-bond acceptors (Lipinski definition) is 3. The fourth-order valence-corrected chi connectivity index (χ4v) is 4.41. The molecule has 1 aromatic carbocycles. The Balaban J connectivity index is 2.20. The van der Waals surface area contributed by atoms with Crippen LogP contribution in [0.3, 0.4) is 0 Å². The van der Waals surface area contributed by atoms with Crippen LogP contribution in [0.5, 0.6) is 0 Å². The second-order valence-corrected chi connectivity index (χ2v) is 7.89. The number of carbonyl (C=O) groups excluding carboxylic acids is 1. The maximum Gasteiger partial charge on any atom is 0.302 e. The van der Waals surface area contributed by atoms with E-state index in [1.165, 1.54) is 4.90 Å². The number of halogens is 3. The topological polar surface area (TPSA) is 54.5 Å². The molecule has 1 fully saturated rings. The van der Waals surface area contributed by atoms with E-state index in [-0.39, 0.29) is 18.9 Å². The normalized spacial score (nSPS) is 20.1. The molecule has 0 aliphatic carbocycles. The van der Waals surface area contributed by atoms with Crippen molar-refractivity contribution in [2.75, 3.05) is 17.2 Å². The molecule has 0 aromatic heterocycles. The first-order valence-electron chi connectivity index (χ1n) is 5.44. The first kappa shape index (κ1) is 15.2. The van der Waals surface area contributed by atoms with E-state index >= 15 is 0 Å². The predicted octanol–water partition coefficient (Wildman–Crippen LogP) is 2.71. The number of carbonyl (C=O) groups is 1. The van der Waals surface area contributed by atoms with Crippen molar-refractivity contribution in [3.05, 3.63) is 26.2 Å². The Bertz CT molecular complexity index is 622. The van der Waals surface area contributed by atoms with E-state index in [1.54, 1.807) is 6.07 Å². The molecule has 2 rings (SSSR count). The fraction of sp³-hybridized carbons (Fsp3) is 0.364. The summed E-state index contributed by atoms with van der Waals surface area (Å²) in [6.07, 6.45) is 0.0571. The van der Waals surface area contributed by atoms with Crippen molar-refractivity contribution in [2.45, 2.75) is 6.42 Å². The predicted molar refractivity (Wildman–Crippen MR) is 82.2 cm³/mol. The molecule has 1 amide bonds. The lowest BCUT2D eigenvalue weighted by Gasteiger charge is -2.18. The molecule has 1 unspecified atom stereocenters. The molecule has 0 saturated carbocycles. The van der Waals surface area contributed by atoms with E-state index in [4.69, 9.17) is 0 Å². The lowest BCUT2D eigenvalue weighted by molar-refractivity contribution is -0.117. The Morgan fingerprint density at radius 3 is 2.74 bits per heavy atom. The number of benzene rings is 1. The zero-order chi connectivity index (χ0) is 14.2. The van der Waals surface area contributed by atoms with Gasteiger partial charge in [-0.05, 0) is 56.7 Å². The minimum Gasteiger partial charge on any atom is -0.311 e. The third kappa shape index (κ3) is 3.88. The summed E-state index contributed by atoms with van der Waals surface area (Å²) in [7, 11) is -4.55. The van der Waals surface area contributed by atoms with Gasteiger partial charge in [-0.3, -0.25) is 4.79 Å². The van der Waals surface area contributed by atoms with Crippen LogP contribution in [0.25, 0.3) is 0 Å². The van der Waals surface area contributed by atoms with Gasteiger partial charge in [0.2, 0.25) is 5.91 Å². The van der Waals surface area contributed by atoms with Gasteiger partial charge in [0.05, 0.1) is 11.4 Å². The Morgan fingerprint density at radius 2 is 2.16 bits per heavy atom. The molecule has 4 nitrogen and oxygen atoms in total. The van der Waals surface area contributed by atoms with E-state index < -0.39 is 21.9 Å². The highest BCUT2D eigenvalue weighted by atomic mass is 127. The van der Waals surface area contributed by atoms with Gasteiger partial charge in [0, 0.05) is 26.9 Å². The molecule has 0 N–H and O–H groups in total. The average molecular weight is 462 g/mol. The summed E-state index contributed by atoms with van der Waals surface area (Å²) >= 11 is 5.53. The molecule has 0 radical (unpaired) electrons. The second-order valence-electron chi connectivity index (χ2n) is 4.38. The van der Waals surface area contributed by atoms with Gasteiger partial charge >= 0.3 is 10.2 Å². The lowest BCUT2D eigenvalue weighted by atomic mass is 10.1. The van der Waals surface area contributed by atoms with Crippen molar-refractivity contribution in [3.8, 4) is 0 Å². The molecule has 0 bridgehead atoms. The van der Waals surface area contributed by atoms with Gasteiger partial charge in [0.25, 0.3) is 0 Å². The van der Waals surface area contributed by atoms with Crippen LogP contribution in [0, 0.1) is 9.49 Å². The quantitative estimate of drug-likeness (QED) is 0.513. The highest BCUT2D eigenvalue weighted by molar-refractivity contribution is 14.1. The van der Waals surface area contributed by atoms with E-state index in [2.05, 4.69) is 38.5 Å². The van der Waals surface area contributed by atoms with Gasteiger partial charge in [0.1, 0.15) is 0 Å². The van der Waals surface area contributed by atoms with Gasteiger partial charge in [-0.15, -0.1) is 3.89 Å². The van der Waals surface area contributed by atoms with Crippen LogP contribution in [0.4, 0.5) is 9.57 Å². The van der Waals surface area contributed by atoms with Crippen LogP contribution < -0.4 is 4.90 Å². The van der Waals surface area contributed by atoms with Crippen LogP contribution >= 0.6 is 38.5 Å². The molecule has 1 aromatic rings. The van der Waals surface area contributed by atoms with Gasteiger partial charge in [-0.25, -0.2) is 0 Å². The van der Waals surface area contributed by atoms with Crippen LogP contribution in [0.15, 0.2) is 22.7 Å². The first-order valence-corrected chi connectivity index (χ1v) is 8.86. The van der Waals surface area contributed by atoms with Crippen LogP contribution in [0.2, 0.25) is 0 Å². The molecule has 1 heterocycles. The summed E-state index contributed by atoms with van der Waals surface area (Å²) in [5, 5.41) is 0. The minimum atomic E-state index is -4.55.